The summed E-state index contributed by atoms with van der Waals surface area (Å²) >= 11 is 0. The van der Waals surface area contributed by atoms with Crippen molar-refractivity contribution >= 4 is 5.91 Å². The first kappa shape index (κ1) is 18.8. The quantitative estimate of drug-likeness (QED) is 0.610. The highest BCUT2D eigenvalue weighted by molar-refractivity contribution is 5.95. The summed E-state index contributed by atoms with van der Waals surface area (Å²) in [6, 6.07) is 18.2. The monoisotopic (exact) mass is 402 g/mol. The van der Waals surface area contributed by atoms with Crippen LogP contribution >= 0.6 is 0 Å². The lowest BCUT2D eigenvalue weighted by molar-refractivity contribution is 0.0359. The molecule has 3 heterocycles. The van der Waals surface area contributed by atoms with E-state index in [1.165, 1.54) is 12.1 Å². The van der Waals surface area contributed by atoms with Gasteiger partial charge in [-0.1, -0.05) is 24.3 Å². The standard InChI is InChI=1S/C25H23FN2O2/c26-20-7-5-18(6-8-20)17-1-3-19(4-2-17)25(29)28-21-9-10-22(28)16-24(15-21)30-23-11-13-27-14-12-23/h1-8,11-14,21-22,24H,9-10,15-16H2. The summed E-state index contributed by atoms with van der Waals surface area (Å²) in [5, 5.41) is 0. The molecule has 2 aromatic carbocycles. The number of pyridine rings is 1. The van der Waals surface area contributed by atoms with Crippen LogP contribution in [0.3, 0.4) is 0 Å². The Balaban J connectivity index is 1.28. The van der Waals surface area contributed by atoms with Crippen LogP contribution in [-0.2, 0) is 0 Å². The van der Waals surface area contributed by atoms with Gasteiger partial charge in [-0.25, -0.2) is 4.39 Å². The third kappa shape index (κ3) is 3.67. The Morgan fingerprint density at radius 2 is 1.43 bits per heavy atom. The van der Waals surface area contributed by atoms with Gasteiger partial charge in [0.15, 0.2) is 0 Å². The lowest BCUT2D eigenvalue weighted by atomic mass is 9.97. The Morgan fingerprint density at radius 3 is 2.03 bits per heavy atom. The fraction of sp³-hybridized carbons (Fsp3) is 0.280. The SMILES string of the molecule is O=C(c1ccc(-c2ccc(F)cc2)cc1)N1C2CCC1CC(Oc1ccncc1)C2. The predicted octanol–water partition coefficient (Wildman–Crippen LogP) is 5.10. The molecule has 2 bridgehead atoms. The van der Waals surface area contributed by atoms with Crippen LogP contribution in [0.1, 0.15) is 36.0 Å². The molecule has 2 atom stereocenters. The van der Waals surface area contributed by atoms with Crippen LogP contribution < -0.4 is 4.74 Å². The Kier molecular flexibility index (Phi) is 4.95. The zero-order valence-corrected chi connectivity index (χ0v) is 16.6. The molecule has 152 valence electrons. The second-order valence-electron chi connectivity index (χ2n) is 8.08. The fourth-order valence-electron chi connectivity index (χ4n) is 4.76. The van der Waals surface area contributed by atoms with Crippen molar-refractivity contribution < 1.29 is 13.9 Å². The summed E-state index contributed by atoms with van der Waals surface area (Å²) in [4.78, 5) is 19.3. The van der Waals surface area contributed by atoms with E-state index in [0.717, 1.165) is 42.6 Å². The van der Waals surface area contributed by atoms with Gasteiger partial charge in [0.2, 0.25) is 0 Å². The van der Waals surface area contributed by atoms with Gasteiger partial charge in [-0.15, -0.1) is 0 Å². The number of fused-ring (bicyclic) bond motifs is 2. The minimum Gasteiger partial charge on any atom is -0.490 e. The van der Waals surface area contributed by atoms with Crippen molar-refractivity contribution in [2.24, 2.45) is 0 Å². The molecule has 1 aromatic heterocycles. The van der Waals surface area contributed by atoms with E-state index in [1.807, 2.05) is 36.4 Å². The van der Waals surface area contributed by atoms with Crippen LogP contribution in [0.15, 0.2) is 73.1 Å². The van der Waals surface area contributed by atoms with Gasteiger partial charge >= 0.3 is 0 Å². The molecule has 0 saturated carbocycles. The Bertz CT molecular complexity index is 1010. The number of nitrogens with zero attached hydrogens (tertiary/aromatic N) is 2. The Hall–Kier alpha value is -3.21. The van der Waals surface area contributed by atoms with Crippen LogP contribution in [0.5, 0.6) is 5.75 Å². The molecule has 2 unspecified atom stereocenters. The van der Waals surface area contributed by atoms with E-state index < -0.39 is 0 Å². The number of hydrogen-bond donors (Lipinski definition) is 0. The van der Waals surface area contributed by atoms with E-state index in [1.54, 1.807) is 24.5 Å². The zero-order valence-electron chi connectivity index (χ0n) is 16.6. The van der Waals surface area contributed by atoms with Crippen molar-refractivity contribution in [2.75, 3.05) is 0 Å². The van der Waals surface area contributed by atoms with Gasteiger partial charge in [-0.3, -0.25) is 9.78 Å². The van der Waals surface area contributed by atoms with E-state index in [-0.39, 0.29) is 29.9 Å². The van der Waals surface area contributed by atoms with Crippen LogP contribution in [0, 0.1) is 5.82 Å². The van der Waals surface area contributed by atoms with Gasteiger partial charge < -0.3 is 9.64 Å². The molecule has 0 radical (unpaired) electrons. The summed E-state index contributed by atoms with van der Waals surface area (Å²) in [5.41, 5.74) is 2.61. The molecule has 0 aliphatic carbocycles. The van der Waals surface area contributed by atoms with E-state index >= 15 is 0 Å². The van der Waals surface area contributed by atoms with Gasteiger partial charge in [0, 0.05) is 42.9 Å². The van der Waals surface area contributed by atoms with Crippen molar-refractivity contribution in [3.8, 4) is 16.9 Å². The smallest absolute Gasteiger partial charge is 0.254 e. The molecule has 1 amide bonds. The first-order valence-corrected chi connectivity index (χ1v) is 10.4. The van der Waals surface area contributed by atoms with E-state index in [0.29, 0.717) is 5.56 Å². The van der Waals surface area contributed by atoms with Gasteiger partial charge in [0.1, 0.15) is 17.7 Å². The number of benzene rings is 2. The summed E-state index contributed by atoms with van der Waals surface area (Å²) in [5.74, 6) is 0.679. The average Bonchev–Trinajstić information content (AvgIpc) is 3.05. The van der Waals surface area contributed by atoms with E-state index in [4.69, 9.17) is 4.74 Å². The second kappa shape index (κ2) is 7.90. The number of hydrogen-bond acceptors (Lipinski definition) is 3. The van der Waals surface area contributed by atoms with Gasteiger partial charge in [-0.2, -0.15) is 0 Å². The molecule has 0 spiro atoms. The zero-order chi connectivity index (χ0) is 20.5. The largest absolute Gasteiger partial charge is 0.490 e. The molecule has 2 saturated heterocycles. The van der Waals surface area contributed by atoms with Crippen molar-refractivity contribution in [2.45, 2.75) is 43.9 Å². The highest BCUT2D eigenvalue weighted by Crippen LogP contribution is 2.38. The number of piperidine rings is 1. The molecule has 5 heteroatoms. The predicted molar refractivity (Wildman–Crippen MR) is 113 cm³/mol. The number of carbonyl (C=O) groups excluding carboxylic acids is 1. The number of ether oxygens (including phenoxy) is 1. The van der Waals surface area contributed by atoms with Crippen molar-refractivity contribution in [1.29, 1.82) is 0 Å². The highest BCUT2D eigenvalue weighted by Gasteiger charge is 2.44. The lowest BCUT2D eigenvalue weighted by Gasteiger charge is -2.39. The first-order chi connectivity index (χ1) is 14.7. The van der Waals surface area contributed by atoms with E-state index in [9.17, 15) is 9.18 Å². The molecule has 30 heavy (non-hydrogen) atoms. The molecule has 2 aliphatic rings. The minimum absolute atomic E-state index is 0.0931. The number of halogens is 1. The number of carbonyl (C=O) groups is 1. The minimum atomic E-state index is -0.252. The topological polar surface area (TPSA) is 42.4 Å². The highest BCUT2D eigenvalue weighted by atomic mass is 19.1. The third-order valence-electron chi connectivity index (χ3n) is 6.19. The van der Waals surface area contributed by atoms with Crippen molar-refractivity contribution in [3.63, 3.8) is 0 Å². The molecule has 4 nitrogen and oxygen atoms in total. The van der Waals surface area contributed by atoms with Gasteiger partial charge in [-0.05, 0) is 60.4 Å². The first-order valence-electron chi connectivity index (χ1n) is 10.4. The molecular weight excluding hydrogens is 379 g/mol. The average molecular weight is 402 g/mol. The molecule has 3 aromatic rings. The van der Waals surface area contributed by atoms with Crippen LogP contribution in [-0.4, -0.2) is 34.0 Å². The molecule has 2 aliphatic heterocycles. The number of aromatic nitrogens is 1. The maximum atomic E-state index is 13.2. The van der Waals surface area contributed by atoms with Gasteiger partial charge in [0.25, 0.3) is 5.91 Å². The lowest BCUT2D eigenvalue weighted by Crippen LogP contribution is -2.49. The van der Waals surface area contributed by atoms with Gasteiger partial charge in [0.05, 0.1) is 0 Å². The van der Waals surface area contributed by atoms with Crippen molar-refractivity contribution in [3.05, 3.63) is 84.4 Å². The Labute approximate surface area is 175 Å². The number of rotatable bonds is 4. The van der Waals surface area contributed by atoms with Crippen LogP contribution in [0.4, 0.5) is 4.39 Å². The van der Waals surface area contributed by atoms with Crippen LogP contribution in [0.2, 0.25) is 0 Å². The maximum Gasteiger partial charge on any atom is 0.254 e. The molecular formula is C25H23FN2O2. The normalized spacial score (nSPS) is 22.7. The molecule has 2 fully saturated rings. The maximum absolute atomic E-state index is 13.2. The second-order valence-corrected chi connectivity index (χ2v) is 8.08. The third-order valence-corrected chi connectivity index (χ3v) is 6.19. The number of amides is 1. The summed E-state index contributed by atoms with van der Waals surface area (Å²) < 4.78 is 19.3. The summed E-state index contributed by atoms with van der Waals surface area (Å²) in [7, 11) is 0. The summed E-state index contributed by atoms with van der Waals surface area (Å²) in [6.45, 7) is 0. The Morgan fingerprint density at radius 1 is 0.867 bits per heavy atom. The summed E-state index contributed by atoms with van der Waals surface area (Å²) in [6.07, 6.45) is 7.38. The van der Waals surface area contributed by atoms with Crippen LogP contribution in [0.25, 0.3) is 11.1 Å². The van der Waals surface area contributed by atoms with Crippen molar-refractivity contribution in [1.82, 2.24) is 9.88 Å². The van der Waals surface area contributed by atoms with E-state index in [2.05, 4.69) is 9.88 Å². The molecule has 5 rings (SSSR count). The fourth-order valence-corrected chi connectivity index (χ4v) is 4.76. The molecule has 0 N–H and O–H groups in total.